The van der Waals surface area contributed by atoms with E-state index in [9.17, 15) is 9.18 Å². The molecular formula is C23H26FN5O2. The van der Waals surface area contributed by atoms with Crippen LogP contribution in [0.4, 0.5) is 10.3 Å². The van der Waals surface area contributed by atoms with Crippen LogP contribution < -0.4 is 15.0 Å². The second-order valence-corrected chi connectivity index (χ2v) is 7.47. The van der Waals surface area contributed by atoms with Gasteiger partial charge in [-0.05, 0) is 29.8 Å². The molecule has 2 heterocycles. The summed E-state index contributed by atoms with van der Waals surface area (Å²) in [6, 6.07) is 14.0. The summed E-state index contributed by atoms with van der Waals surface area (Å²) in [7, 11) is 1.66. The average Bonchev–Trinajstić information content (AvgIpc) is 3.29. The molecule has 7 nitrogen and oxygen atoms in total. The van der Waals surface area contributed by atoms with Crippen LogP contribution in [0.5, 0.6) is 5.75 Å². The number of methoxy groups -OCH3 is 1. The Bertz CT molecular complexity index is 1010. The fraction of sp³-hybridized carbons (Fsp3) is 0.304. The number of carbonyl (C=O) groups is 1. The maximum Gasteiger partial charge on any atom is 0.234 e. The molecule has 1 aliphatic rings. The van der Waals surface area contributed by atoms with E-state index in [-0.39, 0.29) is 11.7 Å². The fourth-order valence-corrected chi connectivity index (χ4v) is 3.66. The third-order valence-electron chi connectivity index (χ3n) is 5.38. The van der Waals surface area contributed by atoms with Gasteiger partial charge in [0, 0.05) is 51.2 Å². The number of carbonyl (C=O) groups excluding carboxylic acids is 1. The van der Waals surface area contributed by atoms with Gasteiger partial charge in [-0.1, -0.05) is 18.2 Å². The molecule has 1 amide bonds. The van der Waals surface area contributed by atoms with Gasteiger partial charge in [-0.2, -0.15) is 0 Å². The number of hydrogen-bond acceptors (Lipinski definition) is 5. The van der Waals surface area contributed by atoms with Gasteiger partial charge >= 0.3 is 0 Å². The van der Waals surface area contributed by atoms with Gasteiger partial charge in [-0.25, -0.2) is 9.37 Å². The first-order valence-electron chi connectivity index (χ1n) is 10.3. The fourth-order valence-electron chi connectivity index (χ4n) is 3.66. The van der Waals surface area contributed by atoms with E-state index in [1.807, 2.05) is 35.0 Å². The van der Waals surface area contributed by atoms with Crippen LogP contribution >= 0.6 is 0 Å². The molecule has 0 bridgehead atoms. The zero-order chi connectivity index (χ0) is 21.6. The molecule has 0 unspecified atom stereocenters. The average molecular weight is 423 g/mol. The van der Waals surface area contributed by atoms with E-state index in [1.165, 1.54) is 12.1 Å². The second-order valence-electron chi connectivity index (χ2n) is 7.47. The summed E-state index contributed by atoms with van der Waals surface area (Å²) in [6.07, 6.45) is 3.74. The number of aromatic nitrogens is 2. The summed E-state index contributed by atoms with van der Waals surface area (Å²) >= 11 is 0. The van der Waals surface area contributed by atoms with Crippen LogP contribution in [0.2, 0.25) is 0 Å². The normalized spacial score (nSPS) is 14.5. The molecule has 31 heavy (non-hydrogen) atoms. The van der Waals surface area contributed by atoms with Crippen LogP contribution in [-0.4, -0.2) is 60.2 Å². The molecule has 0 atom stereocenters. The van der Waals surface area contributed by atoms with E-state index < -0.39 is 0 Å². The first-order chi connectivity index (χ1) is 15.1. The summed E-state index contributed by atoms with van der Waals surface area (Å²) in [5.74, 6) is 1.37. The molecule has 0 spiro atoms. The van der Waals surface area contributed by atoms with Crippen molar-refractivity contribution in [3.8, 4) is 11.4 Å². The number of anilines is 1. The largest absolute Gasteiger partial charge is 0.497 e. The highest BCUT2D eigenvalue weighted by Crippen LogP contribution is 2.22. The smallest absolute Gasteiger partial charge is 0.234 e. The predicted molar refractivity (Wildman–Crippen MR) is 117 cm³/mol. The van der Waals surface area contributed by atoms with Crippen LogP contribution in [0, 0.1) is 5.82 Å². The van der Waals surface area contributed by atoms with Crippen molar-refractivity contribution >= 4 is 11.9 Å². The molecule has 1 aliphatic heterocycles. The minimum absolute atomic E-state index is 0.0318. The minimum Gasteiger partial charge on any atom is -0.497 e. The van der Waals surface area contributed by atoms with E-state index in [0.717, 1.165) is 49.1 Å². The van der Waals surface area contributed by atoms with Crippen molar-refractivity contribution in [1.82, 2.24) is 19.8 Å². The molecule has 2 aromatic carbocycles. The standard InChI is InChI=1S/C23H26FN5O2/c1-31-21-4-2-3-20(15-21)29-10-9-25-23(29)28-13-11-27(12-14-28)17-22(30)26-16-18-5-7-19(24)8-6-18/h2-10,15H,11-14,16-17H2,1H3,(H,26,30). The minimum atomic E-state index is -0.278. The Morgan fingerprint density at radius 3 is 2.65 bits per heavy atom. The number of amides is 1. The van der Waals surface area contributed by atoms with E-state index in [4.69, 9.17) is 4.74 Å². The number of ether oxygens (including phenoxy) is 1. The molecule has 1 N–H and O–H groups in total. The third-order valence-corrected chi connectivity index (χ3v) is 5.38. The van der Waals surface area contributed by atoms with E-state index in [1.54, 1.807) is 25.4 Å². The van der Waals surface area contributed by atoms with Crippen molar-refractivity contribution < 1.29 is 13.9 Å². The molecule has 0 radical (unpaired) electrons. The van der Waals surface area contributed by atoms with Crippen LogP contribution in [0.15, 0.2) is 60.9 Å². The van der Waals surface area contributed by atoms with Crippen molar-refractivity contribution in [3.63, 3.8) is 0 Å². The van der Waals surface area contributed by atoms with E-state index in [0.29, 0.717) is 13.1 Å². The number of imidazole rings is 1. The first kappa shape index (κ1) is 20.9. The van der Waals surface area contributed by atoms with Crippen LogP contribution in [-0.2, 0) is 11.3 Å². The number of rotatable bonds is 7. The van der Waals surface area contributed by atoms with E-state index in [2.05, 4.69) is 20.1 Å². The Balaban J connectivity index is 1.29. The lowest BCUT2D eigenvalue weighted by Gasteiger charge is -2.35. The Morgan fingerprint density at radius 1 is 1.13 bits per heavy atom. The van der Waals surface area contributed by atoms with Crippen molar-refractivity contribution in [2.24, 2.45) is 0 Å². The molecule has 1 saturated heterocycles. The van der Waals surface area contributed by atoms with Gasteiger partial charge < -0.3 is 15.0 Å². The maximum absolute atomic E-state index is 13.0. The number of nitrogens with zero attached hydrogens (tertiary/aromatic N) is 4. The third kappa shape index (κ3) is 5.21. The zero-order valence-corrected chi connectivity index (χ0v) is 17.5. The highest BCUT2D eigenvalue weighted by atomic mass is 19.1. The predicted octanol–water partition coefficient (Wildman–Crippen LogP) is 2.46. The molecule has 4 rings (SSSR count). The number of halogens is 1. The summed E-state index contributed by atoms with van der Waals surface area (Å²) in [5, 5.41) is 2.90. The summed E-state index contributed by atoms with van der Waals surface area (Å²) in [4.78, 5) is 21.2. The van der Waals surface area contributed by atoms with Gasteiger partial charge in [0.2, 0.25) is 11.9 Å². The zero-order valence-electron chi connectivity index (χ0n) is 17.5. The number of piperazine rings is 1. The lowest BCUT2D eigenvalue weighted by molar-refractivity contribution is -0.122. The quantitative estimate of drug-likeness (QED) is 0.633. The van der Waals surface area contributed by atoms with Gasteiger partial charge in [0.1, 0.15) is 11.6 Å². The topological polar surface area (TPSA) is 62.6 Å². The molecule has 0 saturated carbocycles. The molecule has 3 aromatic rings. The van der Waals surface area contributed by atoms with Crippen molar-refractivity contribution in [1.29, 1.82) is 0 Å². The van der Waals surface area contributed by atoms with Crippen LogP contribution in [0.25, 0.3) is 5.69 Å². The molecule has 1 aromatic heterocycles. The highest BCUT2D eigenvalue weighted by Gasteiger charge is 2.22. The molecule has 162 valence electrons. The summed E-state index contributed by atoms with van der Waals surface area (Å²) < 4.78 is 20.4. The Labute approximate surface area is 181 Å². The Kier molecular flexibility index (Phi) is 6.47. The number of hydrogen-bond donors (Lipinski definition) is 1. The SMILES string of the molecule is COc1cccc(-n2ccnc2N2CCN(CC(=O)NCc3ccc(F)cc3)CC2)c1. The van der Waals surface area contributed by atoms with Crippen LogP contribution in [0.3, 0.4) is 0 Å². The Morgan fingerprint density at radius 2 is 1.90 bits per heavy atom. The van der Waals surface area contributed by atoms with Gasteiger partial charge in [0.05, 0.1) is 19.3 Å². The monoisotopic (exact) mass is 423 g/mol. The van der Waals surface area contributed by atoms with Gasteiger partial charge in [-0.15, -0.1) is 0 Å². The maximum atomic E-state index is 13.0. The van der Waals surface area contributed by atoms with Gasteiger partial charge in [0.25, 0.3) is 0 Å². The second kappa shape index (κ2) is 9.61. The van der Waals surface area contributed by atoms with Crippen molar-refractivity contribution in [2.75, 3.05) is 44.7 Å². The summed E-state index contributed by atoms with van der Waals surface area (Å²) in [6.45, 7) is 3.86. The Hall–Kier alpha value is -3.39. The molecule has 1 fully saturated rings. The van der Waals surface area contributed by atoms with Crippen molar-refractivity contribution in [2.45, 2.75) is 6.54 Å². The lowest BCUT2D eigenvalue weighted by Crippen LogP contribution is -2.50. The number of nitrogens with one attached hydrogen (secondary N) is 1. The molecule has 0 aliphatic carbocycles. The number of benzene rings is 2. The lowest BCUT2D eigenvalue weighted by atomic mass is 10.2. The van der Waals surface area contributed by atoms with Crippen LogP contribution in [0.1, 0.15) is 5.56 Å². The van der Waals surface area contributed by atoms with Gasteiger partial charge in [0.15, 0.2) is 0 Å². The van der Waals surface area contributed by atoms with E-state index >= 15 is 0 Å². The molecule has 8 heteroatoms. The van der Waals surface area contributed by atoms with Crippen molar-refractivity contribution in [3.05, 3.63) is 72.3 Å². The summed E-state index contributed by atoms with van der Waals surface area (Å²) in [5.41, 5.74) is 1.87. The van der Waals surface area contributed by atoms with Gasteiger partial charge in [-0.3, -0.25) is 14.3 Å². The molecular weight excluding hydrogens is 397 g/mol. The first-order valence-corrected chi connectivity index (χ1v) is 10.3. The highest BCUT2D eigenvalue weighted by molar-refractivity contribution is 5.78.